The summed E-state index contributed by atoms with van der Waals surface area (Å²) < 4.78 is 5.29. The van der Waals surface area contributed by atoms with Crippen LogP contribution in [0.5, 0.6) is 0 Å². The maximum Gasteiger partial charge on any atom is 0.225 e. The Hall–Kier alpha value is -2.47. The standard InChI is InChI=1S/C21H26N4O2/c26-21(18-10-13-27-15-18)22-14-16-8-11-25(12-9-16)20-7-6-19(23-24-20)17-4-2-1-3-5-17/h1-7,16,18H,8-15H2,(H,22,26). The van der Waals surface area contributed by atoms with Gasteiger partial charge in [0.1, 0.15) is 0 Å². The Balaban J connectivity index is 1.26. The van der Waals surface area contributed by atoms with Crippen molar-refractivity contribution in [3.05, 3.63) is 42.5 Å². The van der Waals surface area contributed by atoms with Gasteiger partial charge in [-0.2, -0.15) is 0 Å². The van der Waals surface area contributed by atoms with E-state index < -0.39 is 0 Å². The van der Waals surface area contributed by atoms with Gasteiger partial charge in [0.2, 0.25) is 5.91 Å². The molecule has 1 unspecified atom stereocenters. The monoisotopic (exact) mass is 366 g/mol. The molecule has 1 aromatic carbocycles. The summed E-state index contributed by atoms with van der Waals surface area (Å²) in [5.41, 5.74) is 1.98. The Bertz CT molecular complexity index is 737. The third-order valence-electron chi connectivity index (χ3n) is 5.52. The van der Waals surface area contributed by atoms with Gasteiger partial charge in [0.15, 0.2) is 5.82 Å². The third-order valence-corrected chi connectivity index (χ3v) is 5.52. The number of nitrogens with one attached hydrogen (secondary N) is 1. The van der Waals surface area contributed by atoms with Crippen molar-refractivity contribution >= 4 is 11.7 Å². The highest BCUT2D eigenvalue weighted by molar-refractivity contribution is 5.79. The van der Waals surface area contributed by atoms with Gasteiger partial charge in [0.05, 0.1) is 18.2 Å². The van der Waals surface area contributed by atoms with Crippen molar-refractivity contribution < 1.29 is 9.53 Å². The van der Waals surface area contributed by atoms with E-state index in [2.05, 4.69) is 26.5 Å². The highest BCUT2D eigenvalue weighted by Crippen LogP contribution is 2.23. The number of piperidine rings is 1. The number of nitrogens with zero attached hydrogens (tertiary/aromatic N) is 3. The lowest BCUT2D eigenvalue weighted by Gasteiger charge is -2.32. The van der Waals surface area contributed by atoms with Crippen molar-refractivity contribution in [2.75, 3.05) is 37.7 Å². The van der Waals surface area contributed by atoms with E-state index in [4.69, 9.17) is 4.74 Å². The van der Waals surface area contributed by atoms with Crippen LogP contribution < -0.4 is 10.2 Å². The molecule has 2 aromatic rings. The Morgan fingerprint density at radius 1 is 1.07 bits per heavy atom. The topological polar surface area (TPSA) is 67.4 Å². The van der Waals surface area contributed by atoms with Crippen LogP contribution in [0.4, 0.5) is 5.82 Å². The second-order valence-corrected chi connectivity index (χ2v) is 7.38. The molecule has 1 amide bonds. The molecule has 3 heterocycles. The average molecular weight is 366 g/mol. The van der Waals surface area contributed by atoms with Crippen LogP contribution in [0.3, 0.4) is 0 Å². The van der Waals surface area contributed by atoms with Gasteiger partial charge in [-0.3, -0.25) is 4.79 Å². The lowest BCUT2D eigenvalue weighted by atomic mass is 9.96. The first-order chi connectivity index (χ1) is 13.3. The number of amides is 1. The van der Waals surface area contributed by atoms with E-state index in [1.54, 1.807) is 0 Å². The fourth-order valence-corrected chi connectivity index (χ4v) is 3.75. The number of carbonyl (C=O) groups excluding carboxylic acids is 1. The second kappa shape index (κ2) is 8.48. The Morgan fingerprint density at radius 3 is 2.56 bits per heavy atom. The molecule has 0 bridgehead atoms. The van der Waals surface area contributed by atoms with Crippen molar-refractivity contribution in [1.29, 1.82) is 0 Å². The number of anilines is 1. The van der Waals surface area contributed by atoms with Crippen LogP contribution in [0, 0.1) is 11.8 Å². The maximum atomic E-state index is 12.1. The molecule has 2 aliphatic heterocycles. The molecule has 6 nitrogen and oxygen atoms in total. The fourth-order valence-electron chi connectivity index (χ4n) is 3.75. The highest BCUT2D eigenvalue weighted by Gasteiger charge is 2.25. The zero-order chi connectivity index (χ0) is 18.5. The van der Waals surface area contributed by atoms with E-state index in [0.717, 1.165) is 56.0 Å². The lowest BCUT2D eigenvalue weighted by molar-refractivity contribution is -0.125. The minimum absolute atomic E-state index is 0.0449. The van der Waals surface area contributed by atoms with Gasteiger partial charge in [0, 0.05) is 31.8 Å². The highest BCUT2D eigenvalue weighted by atomic mass is 16.5. The molecular weight excluding hydrogens is 340 g/mol. The number of rotatable bonds is 5. The van der Waals surface area contributed by atoms with Crippen molar-refractivity contribution in [3.8, 4) is 11.3 Å². The summed E-state index contributed by atoms with van der Waals surface area (Å²) in [6, 6.07) is 14.2. The molecule has 0 spiro atoms. The molecule has 0 radical (unpaired) electrons. The number of hydrogen-bond acceptors (Lipinski definition) is 5. The SMILES string of the molecule is O=C(NCC1CCN(c2ccc(-c3ccccc3)nn2)CC1)C1CCOC1. The second-order valence-electron chi connectivity index (χ2n) is 7.38. The van der Waals surface area contributed by atoms with Crippen molar-refractivity contribution in [1.82, 2.24) is 15.5 Å². The number of carbonyl (C=O) groups is 1. The fraction of sp³-hybridized carbons (Fsp3) is 0.476. The van der Waals surface area contributed by atoms with Crippen molar-refractivity contribution in [2.24, 2.45) is 11.8 Å². The molecule has 2 fully saturated rings. The zero-order valence-electron chi connectivity index (χ0n) is 15.5. The number of ether oxygens (including phenoxy) is 1. The van der Waals surface area contributed by atoms with Crippen LogP contribution in [-0.4, -0.2) is 49.0 Å². The smallest absolute Gasteiger partial charge is 0.225 e. The summed E-state index contributed by atoms with van der Waals surface area (Å²) in [5.74, 6) is 1.66. The van der Waals surface area contributed by atoms with Gasteiger partial charge in [0.25, 0.3) is 0 Å². The quantitative estimate of drug-likeness (QED) is 0.881. The van der Waals surface area contributed by atoms with Crippen LogP contribution in [-0.2, 0) is 9.53 Å². The third kappa shape index (κ3) is 4.45. The van der Waals surface area contributed by atoms with E-state index in [1.807, 2.05) is 36.4 Å². The lowest BCUT2D eigenvalue weighted by Crippen LogP contribution is -2.40. The molecule has 27 heavy (non-hydrogen) atoms. The van der Waals surface area contributed by atoms with Crippen molar-refractivity contribution in [2.45, 2.75) is 19.3 Å². The maximum absolute atomic E-state index is 12.1. The molecule has 1 atom stereocenters. The first kappa shape index (κ1) is 17.9. The molecule has 6 heteroatoms. The predicted octanol–water partition coefficient (Wildman–Crippen LogP) is 2.51. The van der Waals surface area contributed by atoms with E-state index in [-0.39, 0.29) is 11.8 Å². The molecular formula is C21H26N4O2. The molecule has 4 rings (SSSR count). The van der Waals surface area contributed by atoms with Crippen LogP contribution in [0.1, 0.15) is 19.3 Å². The van der Waals surface area contributed by atoms with E-state index in [0.29, 0.717) is 19.1 Å². The van der Waals surface area contributed by atoms with Gasteiger partial charge in [-0.25, -0.2) is 0 Å². The van der Waals surface area contributed by atoms with E-state index in [1.165, 1.54) is 0 Å². The minimum Gasteiger partial charge on any atom is -0.381 e. The van der Waals surface area contributed by atoms with Crippen LogP contribution in [0.2, 0.25) is 0 Å². The normalized spacial score (nSPS) is 20.6. The van der Waals surface area contributed by atoms with Gasteiger partial charge < -0.3 is 15.0 Å². The van der Waals surface area contributed by atoms with E-state index >= 15 is 0 Å². The van der Waals surface area contributed by atoms with Crippen LogP contribution in [0.25, 0.3) is 11.3 Å². The summed E-state index contributed by atoms with van der Waals surface area (Å²) in [7, 11) is 0. The van der Waals surface area contributed by atoms with E-state index in [9.17, 15) is 4.79 Å². The number of hydrogen-bond donors (Lipinski definition) is 1. The summed E-state index contributed by atoms with van der Waals surface area (Å²) >= 11 is 0. The summed E-state index contributed by atoms with van der Waals surface area (Å²) in [6.45, 7) is 3.95. The van der Waals surface area contributed by atoms with Crippen molar-refractivity contribution in [3.63, 3.8) is 0 Å². The van der Waals surface area contributed by atoms with Gasteiger partial charge in [-0.1, -0.05) is 30.3 Å². The number of aromatic nitrogens is 2. The first-order valence-electron chi connectivity index (χ1n) is 9.79. The summed E-state index contributed by atoms with van der Waals surface area (Å²) in [5, 5.41) is 11.9. The minimum atomic E-state index is 0.0449. The molecule has 1 aromatic heterocycles. The molecule has 1 N–H and O–H groups in total. The van der Waals surface area contributed by atoms with Crippen LogP contribution >= 0.6 is 0 Å². The number of benzene rings is 1. The molecule has 2 saturated heterocycles. The zero-order valence-corrected chi connectivity index (χ0v) is 15.5. The van der Waals surface area contributed by atoms with Gasteiger partial charge in [-0.15, -0.1) is 10.2 Å². The average Bonchev–Trinajstić information content (AvgIpc) is 3.28. The molecule has 0 saturated carbocycles. The predicted molar refractivity (Wildman–Crippen MR) is 104 cm³/mol. The largest absolute Gasteiger partial charge is 0.381 e. The van der Waals surface area contributed by atoms with Gasteiger partial charge >= 0.3 is 0 Å². The Kier molecular flexibility index (Phi) is 5.63. The Morgan fingerprint density at radius 2 is 1.89 bits per heavy atom. The first-order valence-corrected chi connectivity index (χ1v) is 9.79. The summed E-state index contributed by atoms with van der Waals surface area (Å²) in [6.07, 6.45) is 2.97. The van der Waals surface area contributed by atoms with Crippen LogP contribution in [0.15, 0.2) is 42.5 Å². The molecule has 2 aliphatic rings. The summed E-state index contributed by atoms with van der Waals surface area (Å²) in [4.78, 5) is 14.4. The molecule has 0 aliphatic carbocycles. The Labute approximate surface area is 159 Å². The van der Waals surface area contributed by atoms with Gasteiger partial charge in [-0.05, 0) is 37.3 Å². The molecule has 142 valence electrons.